The van der Waals surface area contributed by atoms with Crippen LogP contribution in [0.3, 0.4) is 0 Å². The van der Waals surface area contributed by atoms with E-state index in [4.69, 9.17) is 0 Å². The number of rotatable bonds is 3. The van der Waals surface area contributed by atoms with E-state index in [2.05, 4.69) is 9.97 Å². The summed E-state index contributed by atoms with van der Waals surface area (Å²) in [5, 5.41) is 9.62. The van der Waals surface area contributed by atoms with Crippen molar-refractivity contribution in [2.24, 2.45) is 0 Å². The van der Waals surface area contributed by atoms with E-state index in [1.54, 1.807) is 12.4 Å². The summed E-state index contributed by atoms with van der Waals surface area (Å²) in [5.41, 5.74) is 1.67. The predicted molar refractivity (Wildman–Crippen MR) is 61.3 cm³/mol. The Hall–Kier alpha value is -1.68. The van der Waals surface area contributed by atoms with Gasteiger partial charge in [0.1, 0.15) is 5.82 Å². The average molecular weight is 217 g/mol. The Balaban J connectivity index is 2.30. The van der Waals surface area contributed by atoms with E-state index in [1.165, 1.54) is 0 Å². The Morgan fingerprint density at radius 2 is 2.19 bits per heavy atom. The SMILES string of the molecule is CCC(O)c1ccc(-n2ccnc2C)cn1. The van der Waals surface area contributed by atoms with Gasteiger partial charge in [0.05, 0.1) is 23.7 Å². The van der Waals surface area contributed by atoms with Crippen molar-refractivity contribution in [1.29, 1.82) is 0 Å². The second-order valence-electron chi connectivity index (χ2n) is 3.71. The molecule has 0 amide bonds. The topological polar surface area (TPSA) is 50.9 Å². The number of aryl methyl sites for hydroxylation is 1. The number of aliphatic hydroxyl groups excluding tert-OH is 1. The molecule has 0 aromatic carbocycles. The maximum atomic E-state index is 9.62. The van der Waals surface area contributed by atoms with Gasteiger partial charge in [-0.3, -0.25) is 4.98 Å². The monoisotopic (exact) mass is 217 g/mol. The summed E-state index contributed by atoms with van der Waals surface area (Å²) in [6, 6.07) is 3.79. The average Bonchev–Trinajstić information content (AvgIpc) is 2.75. The smallest absolute Gasteiger partial charge is 0.110 e. The van der Waals surface area contributed by atoms with Gasteiger partial charge in [-0.2, -0.15) is 0 Å². The van der Waals surface area contributed by atoms with E-state index in [9.17, 15) is 5.11 Å². The van der Waals surface area contributed by atoms with Gasteiger partial charge in [0.2, 0.25) is 0 Å². The Morgan fingerprint density at radius 1 is 1.38 bits per heavy atom. The summed E-state index contributed by atoms with van der Waals surface area (Å²) in [5.74, 6) is 0.922. The van der Waals surface area contributed by atoms with Crippen LogP contribution < -0.4 is 0 Å². The molecule has 1 N–H and O–H groups in total. The first-order valence-corrected chi connectivity index (χ1v) is 5.36. The highest BCUT2D eigenvalue weighted by Gasteiger charge is 2.06. The molecule has 0 fully saturated rings. The molecular formula is C12H15N3O. The van der Waals surface area contributed by atoms with Crippen molar-refractivity contribution in [3.63, 3.8) is 0 Å². The fourth-order valence-electron chi connectivity index (χ4n) is 1.60. The van der Waals surface area contributed by atoms with Gasteiger partial charge in [-0.1, -0.05) is 6.92 Å². The van der Waals surface area contributed by atoms with Crippen molar-refractivity contribution in [2.75, 3.05) is 0 Å². The molecule has 0 saturated heterocycles. The Bertz CT molecular complexity index is 461. The molecule has 0 aliphatic carbocycles. The van der Waals surface area contributed by atoms with Crippen molar-refractivity contribution in [2.45, 2.75) is 26.4 Å². The normalized spacial score (nSPS) is 12.7. The summed E-state index contributed by atoms with van der Waals surface area (Å²) in [4.78, 5) is 8.40. The molecule has 4 heteroatoms. The zero-order chi connectivity index (χ0) is 11.5. The maximum Gasteiger partial charge on any atom is 0.110 e. The minimum Gasteiger partial charge on any atom is -0.387 e. The second kappa shape index (κ2) is 4.45. The fourth-order valence-corrected chi connectivity index (χ4v) is 1.60. The molecule has 16 heavy (non-hydrogen) atoms. The molecule has 0 aliphatic rings. The number of aromatic nitrogens is 3. The van der Waals surface area contributed by atoms with Crippen LogP contribution >= 0.6 is 0 Å². The number of nitrogens with zero attached hydrogens (tertiary/aromatic N) is 3. The van der Waals surface area contributed by atoms with Crippen LogP contribution in [-0.2, 0) is 0 Å². The molecule has 0 spiro atoms. The Labute approximate surface area is 94.6 Å². The van der Waals surface area contributed by atoms with Crippen LogP contribution in [0.25, 0.3) is 5.69 Å². The van der Waals surface area contributed by atoms with Crippen molar-refractivity contribution < 1.29 is 5.11 Å². The lowest BCUT2D eigenvalue weighted by molar-refractivity contribution is 0.169. The zero-order valence-electron chi connectivity index (χ0n) is 9.46. The predicted octanol–water partition coefficient (Wildman–Crippen LogP) is 2.02. The molecule has 84 valence electrons. The molecule has 0 radical (unpaired) electrons. The van der Waals surface area contributed by atoms with Gasteiger partial charge in [-0.25, -0.2) is 4.98 Å². The van der Waals surface area contributed by atoms with E-state index in [-0.39, 0.29) is 0 Å². The number of imidazole rings is 1. The number of aliphatic hydroxyl groups is 1. The maximum absolute atomic E-state index is 9.62. The van der Waals surface area contributed by atoms with E-state index in [0.717, 1.165) is 11.5 Å². The number of pyridine rings is 1. The summed E-state index contributed by atoms with van der Waals surface area (Å²) >= 11 is 0. The largest absolute Gasteiger partial charge is 0.387 e. The van der Waals surface area contributed by atoms with Gasteiger partial charge in [-0.05, 0) is 25.5 Å². The quantitative estimate of drug-likeness (QED) is 0.855. The summed E-state index contributed by atoms with van der Waals surface area (Å²) in [6.45, 7) is 3.87. The summed E-state index contributed by atoms with van der Waals surface area (Å²) in [7, 11) is 0. The molecule has 2 heterocycles. The molecule has 2 aromatic heterocycles. The molecule has 0 bridgehead atoms. The van der Waals surface area contributed by atoms with Crippen molar-refractivity contribution in [1.82, 2.24) is 14.5 Å². The standard InChI is InChI=1S/C12H15N3O/c1-3-12(16)11-5-4-10(8-14-11)15-7-6-13-9(15)2/h4-8,12,16H,3H2,1-2H3. The van der Waals surface area contributed by atoms with Gasteiger partial charge in [-0.15, -0.1) is 0 Å². The first kappa shape index (κ1) is 10.8. The summed E-state index contributed by atoms with van der Waals surface area (Å²) in [6.07, 6.45) is 5.60. The molecule has 2 aromatic rings. The lowest BCUT2D eigenvalue weighted by Gasteiger charge is -2.09. The highest BCUT2D eigenvalue weighted by molar-refractivity contribution is 5.31. The van der Waals surface area contributed by atoms with Gasteiger partial charge < -0.3 is 9.67 Å². The van der Waals surface area contributed by atoms with Gasteiger partial charge in [0.15, 0.2) is 0 Å². The molecule has 4 nitrogen and oxygen atoms in total. The molecule has 1 atom stereocenters. The van der Waals surface area contributed by atoms with Crippen LogP contribution in [0.4, 0.5) is 0 Å². The molecule has 2 rings (SSSR count). The third kappa shape index (κ3) is 1.97. The highest BCUT2D eigenvalue weighted by atomic mass is 16.3. The molecule has 0 saturated carbocycles. The minimum absolute atomic E-state index is 0.474. The molecule has 1 unspecified atom stereocenters. The number of hydrogen-bond donors (Lipinski definition) is 1. The van der Waals surface area contributed by atoms with E-state index < -0.39 is 6.10 Å². The van der Waals surface area contributed by atoms with E-state index in [0.29, 0.717) is 12.1 Å². The van der Waals surface area contributed by atoms with E-state index >= 15 is 0 Å². The van der Waals surface area contributed by atoms with Crippen LogP contribution in [0.5, 0.6) is 0 Å². The fraction of sp³-hybridized carbons (Fsp3) is 0.333. The first-order chi connectivity index (χ1) is 7.72. The number of hydrogen-bond acceptors (Lipinski definition) is 3. The highest BCUT2D eigenvalue weighted by Crippen LogP contribution is 2.15. The zero-order valence-corrected chi connectivity index (χ0v) is 9.46. The first-order valence-electron chi connectivity index (χ1n) is 5.36. The van der Waals surface area contributed by atoms with Gasteiger partial charge in [0.25, 0.3) is 0 Å². The van der Waals surface area contributed by atoms with Crippen molar-refractivity contribution >= 4 is 0 Å². The van der Waals surface area contributed by atoms with Crippen LogP contribution in [0.15, 0.2) is 30.7 Å². The third-order valence-corrected chi connectivity index (χ3v) is 2.60. The van der Waals surface area contributed by atoms with Crippen LogP contribution in [0.1, 0.15) is 31.0 Å². The van der Waals surface area contributed by atoms with Gasteiger partial charge >= 0.3 is 0 Å². The van der Waals surface area contributed by atoms with Crippen molar-refractivity contribution in [3.05, 3.63) is 42.2 Å². The molecule has 0 aliphatic heterocycles. The Morgan fingerprint density at radius 3 is 2.69 bits per heavy atom. The van der Waals surface area contributed by atoms with E-state index in [1.807, 2.05) is 36.7 Å². The van der Waals surface area contributed by atoms with Crippen molar-refractivity contribution in [3.8, 4) is 5.69 Å². The second-order valence-corrected chi connectivity index (χ2v) is 3.71. The lowest BCUT2D eigenvalue weighted by atomic mass is 10.2. The van der Waals surface area contributed by atoms with Crippen LogP contribution in [0, 0.1) is 6.92 Å². The third-order valence-electron chi connectivity index (χ3n) is 2.60. The minimum atomic E-state index is -0.474. The van der Waals surface area contributed by atoms with Gasteiger partial charge in [0, 0.05) is 12.4 Å². The van der Waals surface area contributed by atoms with Crippen LogP contribution in [-0.4, -0.2) is 19.6 Å². The molecular weight excluding hydrogens is 202 g/mol. The lowest BCUT2D eigenvalue weighted by Crippen LogP contribution is -2.01. The van der Waals surface area contributed by atoms with Crippen LogP contribution in [0.2, 0.25) is 0 Å². The summed E-state index contributed by atoms with van der Waals surface area (Å²) < 4.78 is 1.95. The Kier molecular flexibility index (Phi) is 3.01.